The van der Waals surface area contributed by atoms with Crippen LogP contribution in [0.4, 0.5) is 0 Å². The molecule has 0 aliphatic carbocycles. The maximum Gasteiger partial charge on any atom is 0.252 e. The molecule has 100 valence electrons. The number of carbonyl (C=O) groups excluding carboxylic acids is 2. The molecule has 0 rings (SSSR count). The maximum absolute atomic E-state index is 11.2. The van der Waals surface area contributed by atoms with Crippen LogP contribution in [0.1, 0.15) is 0 Å². The number of carbonyl (C=O) groups is 2. The van der Waals surface area contributed by atoms with E-state index < -0.39 is 36.5 Å². The summed E-state index contributed by atoms with van der Waals surface area (Å²) in [6.45, 7) is -0.0892. The molecule has 17 heavy (non-hydrogen) atoms. The van der Waals surface area contributed by atoms with Crippen molar-refractivity contribution in [1.29, 1.82) is 0 Å². The number of aliphatic hydroxyl groups is 4. The summed E-state index contributed by atoms with van der Waals surface area (Å²) in [6, 6.07) is 0. The van der Waals surface area contributed by atoms with Crippen LogP contribution in [-0.4, -0.2) is 69.7 Å². The van der Waals surface area contributed by atoms with E-state index in [1.807, 2.05) is 5.32 Å². The summed E-state index contributed by atoms with van der Waals surface area (Å²) in [6.07, 6.45) is -8.92. The molecule has 0 spiro atoms. The van der Waals surface area contributed by atoms with Crippen molar-refractivity contribution in [1.82, 2.24) is 5.32 Å². The minimum Gasteiger partial charge on any atom is -0.387 e. The molecule has 0 aromatic heterocycles. The summed E-state index contributed by atoms with van der Waals surface area (Å²) in [5.41, 5.74) is 10.4. The van der Waals surface area contributed by atoms with E-state index in [-0.39, 0.29) is 12.8 Å². The van der Waals surface area contributed by atoms with Crippen LogP contribution in [0, 0.1) is 0 Å². The van der Waals surface area contributed by atoms with E-state index in [9.17, 15) is 19.8 Å². The van der Waals surface area contributed by atoms with Crippen molar-refractivity contribution in [2.75, 3.05) is 6.54 Å². The molecule has 1 amide bonds. The van der Waals surface area contributed by atoms with E-state index in [1.54, 1.807) is 0 Å². The van der Waals surface area contributed by atoms with Crippen molar-refractivity contribution < 1.29 is 30.0 Å². The summed E-state index contributed by atoms with van der Waals surface area (Å²) < 4.78 is 0. The third-order valence-electron chi connectivity index (χ3n) is 2.01. The van der Waals surface area contributed by atoms with Crippen molar-refractivity contribution in [2.45, 2.75) is 30.6 Å². The van der Waals surface area contributed by atoms with Gasteiger partial charge in [-0.25, -0.2) is 0 Å². The maximum atomic E-state index is 11.2. The SMILES string of the molecule is NCC(N)NC(=O)[C@@H](O)[C@@H](O)[C@H](O)[C@H](O)C=O. The lowest BCUT2D eigenvalue weighted by Gasteiger charge is -2.24. The fourth-order valence-electron chi connectivity index (χ4n) is 0.951. The second-order valence-electron chi connectivity index (χ2n) is 3.40. The van der Waals surface area contributed by atoms with Crippen LogP contribution in [0.5, 0.6) is 0 Å². The zero-order valence-corrected chi connectivity index (χ0v) is 8.93. The molecule has 0 aliphatic heterocycles. The highest BCUT2D eigenvalue weighted by atomic mass is 16.4. The number of hydrogen-bond donors (Lipinski definition) is 7. The van der Waals surface area contributed by atoms with Crippen molar-refractivity contribution in [3.05, 3.63) is 0 Å². The Bertz CT molecular complexity index is 264. The molecule has 1 unspecified atom stereocenters. The predicted octanol–water partition coefficient (Wildman–Crippen LogP) is -5.01. The quantitative estimate of drug-likeness (QED) is 0.173. The molecule has 5 atom stereocenters. The lowest BCUT2D eigenvalue weighted by molar-refractivity contribution is -0.150. The van der Waals surface area contributed by atoms with Crippen LogP contribution in [0.2, 0.25) is 0 Å². The molecule has 9 nitrogen and oxygen atoms in total. The Morgan fingerprint density at radius 1 is 1.24 bits per heavy atom. The highest BCUT2D eigenvalue weighted by Crippen LogP contribution is 2.04. The van der Waals surface area contributed by atoms with Crippen molar-refractivity contribution in [3.8, 4) is 0 Å². The van der Waals surface area contributed by atoms with Gasteiger partial charge in [0.1, 0.15) is 18.3 Å². The zero-order valence-electron chi connectivity index (χ0n) is 8.93. The summed E-state index contributed by atoms with van der Waals surface area (Å²) in [5.74, 6) is -1.08. The standard InChI is InChI=1S/C8H17N3O6/c9-1-4(10)11-8(17)7(16)6(15)5(14)3(13)2-12/h2-7,13-16H,1,9-10H2,(H,11,17)/t3-,4?,5-,6+,7+/m1/s1. The van der Waals surface area contributed by atoms with Crippen LogP contribution >= 0.6 is 0 Å². The number of rotatable bonds is 7. The smallest absolute Gasteiger partial charge is 0.252 e. The van der Waals surface area contributed by atoms with E-state index in [0.717, 1.165) is 0 Å². The fraction of sp³-hybridized carbons (Fsp3) is 0.750. The van der Waals surface area contributed by atoms with E-state index in [2.05, 4.69) is 0 Å². The molecule has 0 fully saturated rings. The first-order valence-electron chi connectivity index (χ1n) is 4.78. The molecule has 9 heteroatoms. The normalized spacial score (nSPS) is 19.9. The minimum absolute atomic E-state index is 0.0376. The molecule has 9 N–H and O–H groups in total. The monoisotopic (exact) mass is 251 g/mol. The molecule has 0 aliphatic rings. The van der Waals surface area contributed by atoms with Gasteiger partial charge >= 0.3 is 0 Å². The first kappa shape index (κ1) is 15.9. The number of amides is 1. The van der Waals surface area contributed by atoms with Crippen LogP contribution in [0.25, 0.3) is 0 Å². The molecule has 0 saturated carbocycles. The largest absolute Gasteiger partial charge is 0.387 e. The molecule has 0 aromatic carbocycles. The molecule has 0 bridgehead atoms. The number of nitrogens with one attached hydrogen (secondary N) is 1. The van der Waals surface area contributed by atoms with Gasteiger partial charge in [0.25, 0.3) is 5.91 Å². The number of hydrogen-bond acceptors (Lipinski definition) is 8. The van der Waals surface area contributed by atoms with Crippen molar-refractivity contribution in [2.24, 2.45) is 11.5 Å². The van der Waals surface area contributed by atoms with Gasteiger partial charge in [-0.3, -0.25) is 4.79 Å². The van der Waals surface area contributed by atoms with Gasteiger partial charge in [-0.15, -0.1) is 0 Å². The Morgan fingerprint density at radius 3 is 2.18 bits per heavy atom. The lowest BCUT2D eigenvalue weighted by Crippen LogP contribution is -2.55. The van der Waals surface area contributed by atoms with Gasteiger partial charge < -0.3 is 42.0 Å². The Hall–Kier alpha value is -1.10. The van der Waals surface area contributed by atoms with Crippen molar-refractivity contribution >= 4 is 12.2 Å². The highest BCUT2D eigenvalue weighted by molar-refractivity contribution is 5.81. The molecular formula is C8H17N3O6. The van der Waals surface area contributed by atoms with E-state index in [1.165, 1.54) is 0 Å². The van der Waals surface area contributed by atoms with Gasteiger partial charge in [0, 0.05) is 6.54 Å². The van der Waals surface area contributed by atoms with Gasteiger partial charge in [-0.05, 0) is 0 Å². The number of aliphatic hydroxyl groups excluding tert-OH is 4. The third-order valence-corrected chi connectivity index (χ3v) is 2.01. The van der Waals surface area contributed by atoms with E-state index >= 15 is 0 Å². The van der Waals surface area contributed by atoms with Crippen LogP contribution in [0.3, 0.4) is 0 Å². The van der Waals surface area contributed by atoms with Gasteiger partial charge in [0.05, 0.1) is 6.17 Å². The molecule has 0 aromatic rings. The van der Waals surface area contributed by atoms with Gasteiger partial charge in [-0.2, -0.15) is 0 Å². The number of aldehydes is 1. The molecule has 0 saturated heterocycles. The van der Waals surface area contributed by atoms with E-state index in [0.29, 0.717) is 0 Å². The lowest BCUT2D eigenvalue weighted by atomic mass is 10.0. The molecule has 0 radical (unpaired) electrons. The summed E-state index contributed by atoms with van der Waals surface area (Å²) in [4.78, 5) is 21.4. The Kier molecular flexibility index (Phi) is 6.80. The Balaban J connectivity index is 4.42. The number of nitrogens with two attached hydrogens (primary N) is 2. The summed E-state index contributed by atoms with van der Waals surface area (Å²) in [5, 5.41) is 38.7. The Morgan fingerprint density at radius 2 is 1.76 bits per heavy atom. The minimum atomic E-state index is -2.04. The summed E-state index contributed by atoms with van der Waals surface area (Å²) >= 11 is 0. The predicted molar refractivity (Wildman–Crippen MR) is 55.3 cm³/mol. The van der Waals surface area contributed by atoms with Gasteiger partial charge in [-0.1, -0.05) is 0 Å². The highest BCUT2D eigenvalue weighted by Gasteiger charge is 2.34. The molecule has 0 heterocycles. The van der Waals surface area contributed by atoms with Crippen LogP contribution < -0.4 is 16.8 Å². The first-order valence-corrected chi connectivity index (χ1v) is 4.78. The fourth-order valence-corrected chi connectivity index (χ4v) is 0.951. The van der Waals surface area contributed by atoms with Crippen molar-refractivity contribution in [3.63, 3.8) is 0 Å². The second kappa shape index (κ2) is 7.27. The van der Waals surface area contributed by atoms with Crippen LogP contribution in [0.15, 0.2) is 0 Å². The summed E-state index contributed by atoms with van der Waals surface area (Å²) in [7, 11) is 0. The average Bonchev–Trinajstić information content (AvgIpc) is 2.34. The van der Waals surface area contributed by atoms with Gasteiger partial charge in [0.15, 0.2) is 12.4 Å². The third kappa shape index (κ3) is 4.73. The second-order valence-corrected chi connectivity index (χ2v) is 3.40. The van der Waals surface area contributed by atoms with Gasteiger partial charge in [0.2, 0.25) is 0 Å². The topological polar surface area (TPSA) is 179 Å². The zero-order chi connectivity index (χ0) is 13.6. The first-order chi connectivity index (χ1) is 7.84. The molecular weight excluding hydrogens is 234 g/mol. The van der Waals surface area contributed by atoms with Crippen LogP contribution in [-0.2, 0) is 9.59 Å². The average molecular weight is 251 g/mol. The Labute approximate surface area is 97.0 Å². The van der Waals surface area contributed by atoms with E-state index in [4.69, 9.17) is 21.7 Å².